The van der Waals surface area contributed by atoms with Gasteiger partial charge >= 0.3 is 6.18 Å². The van der Waals surface area contributed by atoms with Gasteiger partial charge in [0, 0.05) is 0 Å². The van der Waals surface area contributed by atoms with Gasteiger partial charge in [-0.2, -0.15) is 18.3 Å². The summed E-state index contributed by atoms with van der Waals surface area (Å²) in [5.74, 6) is -0.956. The van der Waals surface area contributed by atoms with Crippen LogP contribution in [0.1, 0.15) is 5.56 Å². The number of alkyl halides is 3. The number of benzene rings is 1. The van der Waals surface area contributed by atoms with Gasteiger partial charge in [0.15, 0.2) is 10.8 Å². The van der Waals surface area contributed by atoms with E-state index in [2.05, 4.69) is 20.4 Å². The van der Waals surface area contributed by atoms with E-state index in [0.717, 1.165) is 23.9 Å². The number of aromatic amines is 1. The van der Waals surface area contributed by atoms with Crippen LogP contribution in [0.5, 0.6) is 0 Å². The number of fused-ring (bicyclic) bond motifs is 1. The first-order valence-electron chi connectivity index (χ1n) is 7.95. The highest BCUT2D eigenvalue weighted by Crippen LogP contribution is 2.34. The first-order valence-corrected chi connectivity index (χ1v) is 8.93. The molecule has 0 unspecified atom stereocenters. The lowest BCUT2D eigenvalue weighted by Gasteiger charge is -2.13. The smallest absolute Gasteiger partial charge is 0.394 e. The number of hydrogen-bond acceptors (Lipinski definition) is 6. The fraction of sp³-hybridized carbons (Fsp3) is 0.250. The molecule has 3 N–H and O–H groups in total. The van der Waals surface area contributed by atoms with Crippen molar-refractivity contribution in [2.45, 2.75) is 17.9 Å². The summed E-state index contributed by atoms with van der Waals surface area (Å²) in [5, 5.41) is 15.5. The topological polar surface area (TPSA) is 113 Å². The van der Waals surface area contributed by atoms with Crippen molar-refractivity contribution < 1.29 is 23.1 Å². The van der Waals surface area contributed by atoms with Crippen LogP contribution >= 0.6 is 11.8 Å². The standard InChI is InChI=1S/C16H14F3N5O3S/c17-16(18,19)10-3-1-2-4-11(10)21-12(26)8-28-15-22-13-9(14(27)23-15)7-20-24(13)5-6-25/h1-4,7,25H,5-6,8H2,(H,21,26)(H,22,23,27). The number of nitrogens with one attached hydrogen (secondary N) is 2. The van der Waals surface area contributed by atoms with Crippen molar-refractivity contribution in [3.8, 4) is 0 Å². The van der Waals surface area contributed by atoms with Crippen molar-refractivity contribution in [1.29, 1.82) is 0 Å². The number of aliphatic hydroxyl groups is 1. The Morgan fingerprint density at radius 3 is 2.79 bits per heavy atom. The number of anilines is 1. The van der Waals surface area contributed by atoms with Gasteiger partial charge in [-0.25, -0.2) is 9.67 Å². The van der Waals surface area contributed by atoms with Crippen molar-refractivity contribution in [1.82, 2.24) is 19.7 Å². The van der Waals surface area contributed by atoms with Crippen LogP contribution in [0.2, 0.25) is 0 Å². The van der Waals surface area contributed by atoms with Crippen LogP contribution in [0, 0.1) is 0 Å². The first-order chi connectivity index (χ1) is 13.3. The van der Waals surface area contributed by atoms with E-state index in [1.807, 2.05) is 0 Å². The molecule has 0 aliphatic carbocycles. The summed E-state index contributed by atoms with van der Waals surface area (Å²) >= 11 is 0.857. The maximum Gasteiger partial charge on any atom is 0.418 e. The molecule has 0 saturated carbocycles. The summed E-state index contributed by atoms with van der Waals surface area (Å²) in [4.78, 5) is 30.8. The molecule has 0 bridgehead atoms. The lowest BCUT2D eigenvalue weighted by molar-refractivity contribution is -0.137. The highest BCUT2D eigenvalue weighted by molar-refractivity contribution is 7.99. The molecule has 0 atom stereocenters. The molecule has 0 radical (unpaired) electrons. The third-order valence-electron chi connectivity index (χ3n) is 3.64. The maximum atomic E-state index is 13.0. The van der Waals surface area contributed by atoms with E-state index >= 15 is 0 Å². The molecule has 1 amide bonds. The predicted molar refractivity (Wildman–Crippen MR) is 96.0 cm³/mol. The quantitative estimate of drug-likeness (QED) is 0.420. The van der Waals surface area contributed by atoms with Crippen LogP contribution < -0.4 is 10.9 Å². The normalized spacial score (nSPS) is 11.7. The number of para-hydroxylation sites is 1. The minimum absolute atomic E-state index is 0.108. The van der Waals surface area contributed by atoms with E-state index < -0.39 is 23.2 Å². The second-order valence-electron chi connectivity index (χ2n) is 5.58. The zero-order valence-electron chi connectivity index (χ0n) is 14.2. The number of amides is 1. The van der Waals surface area contributed by atoms with Crippen LogP contribution in [0.25, 0.3) is 11.0 Å². The number of halogens is 3. The Kier molecular flexibility index (Phi) is 5.70. The highest BCUT2D eigenvalue weighted by Gasteiger charge is 2.33. The van der Waals surface area contributed by atoms with Crippen molar-refractivity contribution in [2.75, 3.05) is 17.7 Å². The second kappa shape index (κ2) is 8.02. The van der Waals surface area contributed by atoms with Gasteiger partial charge in [0.1, 0.15) is 5.39 Å². The van der Waals surface area contributed by atoms with Crippen LogP contribution in [-0.2, 0) is 17.5 Å². The molecule has 0 aliphatic heterocycles. The van der Waals surface area contributed by atoms with E-state index in [0.29, 0.717) is 0 Å². The molecule has 12 heteroatoms. The number of hydrogen-bond donors (Lipinski definition) is 3. The molecule has 0 saturated heterocycles. The summed E-state index contributed by atoms with van der Waals surface area (Å²) < 4.78 is 40.3. The van der Waals surface area contributed by atoms with Gasteiger partial charge < -0.3 is 15.4 Å². The molecule has 148 valence electrons. The molecular weight excluding hydrogens is 399 g/mol. The molecule has 3 rings (SSSR count). The van der Waals surface area contributed by atoms with Crippen LogP contribution in [0.3, 0.4) is 0 Å². The van der Waals surface area contributed by atoms with Gasteiger partial charge in [-0.1, -0.05) is 23.9 Å². The molecule has 0 aliphatic rings. The summed E-state index contributed by atoms with van der Waals surface area (Å²) in [5.41, 5.74) is -1.53. The van der Waals surface area contributed by atoms with Crippen molar-refractivity contribution in [2.24, 2.45) is 0 Å². The summed E-state index contributed by atoms with van der Waals surface area (Å²) in [6.45, 7) is -0.0620. The molecular formula is C16H14F3N5O3S. The number of aromatic nitrogens is 4. The van der Waals surface area contributed by atoms with E-state index in [-0.39, 0.29) is 40.8 Å². The number of nitrogens with zero attached hydrogens (tertiary/aromatic N) is 3. The van der Waals surface area contributed by atoms with E-state index in [4.69, 9.17) is 5.11 Å². The predicted octanol–water partition coefficient (Wildman–Crippen LogP) is 1.86. The van der Waals surface area contributed by atoms with Gasteiger partial charge in [0.2, 0.25) is 5.91 Å². The van der Waals surface area contributed by atoms with Gasteiger partial charge in [-0.15, -0.1) is 0 Å². The maximum absolute atomic E-state index is 13.0. The van der Waals surface area contributed by atoms with E-state index in [1.54, 1.807) is 0 Å². The Bertz CT molecular complexity index is 1060. The average Bonchev–Trinajstić information content (AvgIpc) is 3.03. The SMILES string of the molecule is O=C(CSc1nc2c(cnn2CCO)c(=O)[nH]1)Nc1ccccc1C(F)(F)F. The van der Waals surface area contributed by atoms with Crippen molar-refractivity contribution in [3.63, 3.8) is 0 Å². The lowest BCUT2D eigenvalue weighted by atomic mass is 10.1. The Hall–Kier alpha value is -2.86. The van der Waals surface area contributed by atoms with Gasteiger partial charge in [-0.3, -0.25) is 9.59 Å². The van der Waals surface area contributed by atoms with Crippen LogP contribution in [0.4, 0.5) is 18.9 Å². The third-order valence-corrected chi connectivity index (χ3v) is 4.52. The molecule has 3 aromatic rings. The molecule has 8 nitrogen and oxygen atoms in total. The molecule has 2 aromatic heterocycles. The summed E-state index contributed by atoms with van der Waals surface area (Å²) in [6.07, 6.45) is -3.29. The zero-order valence-corrected chi connectivity index (χ0v) is 15.0. The van der Waals surface area contributed by atoms with Gasteiger partial charge in [0.25, 0.3) is 5.56 Å². The van der Waals surface area contributed by atoms with E-state index in [9.17, 15) is 22.8 Å². The molecule has 0 spiro atoms. The summed E-state index contributed by atoms with van der Waals surface area (Å²) in [6, 6.07) is 4.64. The molecule has 0 fully saturated rings. The molecule has 28 heavy (non-hydrogen) atoms. The second-order valence-corrected chi connectivity index (χ2v) is 6.54. The van der Waals surface area contributed by atoms with Crippen LogP contribution in [-0.4, -0.2) is 43.1 Å². The Balaban J connectivity index is 1.73. The Morgan fingerprint density at radius 2 is 2.07 bits per heavy atom. The Morgan fingerprint density at radius 1 is 1.32 bits per heavy atom. The van der Waals surface area contributed by atoms with Crippen molar-refractivity contribution >= 4 is 34.4 Å². The number of aliphatic hydroxyl groups excluding tert-OH is 1. The Labute approximate surface area is 159 Å². The van der Waals surface area contributed by atoms with Gasteiger partial charge in [0.05, 0.1) is 36.4 Å². The monoisotopic (exact) mass is 413 g/mol. The lowest BCUT2D eigenvalue weighted by Crippen LogP contribution is -2.18. The zero-order chi connectivity index (χ0) is 20.3. The van der Waals surface area contributed by atoms with Crippen LogP contribution in [0.15, 0.2) is 40.4 Å². The number of carbonyl (C=O) groups is 1. The minimum atomic E-state index is -4.60. The highest BCUT2D eigenvalue weighted by atomic mass is 32.2. The van der Waals surface area contributed by atoms with E-state index in [1.165, 1.54) is 23.0 Å². The fourth-order valence-corrected chi connectivity index (χ4v) is 3.09. The third kappa shape index (κ3) is 4.34. The molecule has 2 heterocycles. The number of thioether (sulfide) groups is 1. The largest absolute Gasteiger partial charge is 0.418 e. The number of rotatable bonds is 6. The number of carbonyl (C=O) groups excluding carboxylic acids is 1. The fourth-order valence-electron chi connectivity index (χ4n) is 2.43. The van der Waals surface area contributed by atoms with Crippen molar-refractivity contribution in [3.05, 3.63) is 46.4 Å². The van der Waals surface area contributed by atoms with Gasteiger partial charge in [-0.05, 0) is 12.1 Å². The average molecular weight is 413 g/mol. The summed E-state index contributed by atoms with van der Waals surface area (Å²) in [7, 11) is 0. The first kappa shape index (κ1) is 19.9. The minimum Gasteiger partial charge on any atom is -0.394 e. The molecule has 1 aromatic carbocycles. The number of H-pyrrole nitrogens is 1.